The molecule has 1 saturated heterocycles. The van der Waals surface area contributed by atoms with Crippen LogP contribution in [0.2, 0.25) is 0 Å². The monoisotopic (exact) mass is 306 g/mol. The number of carbonyl (C=O) groups is 2. The summed E-state index contributed by atoms with van der Waals surface area (Å²) in [7, 11) is 0. The van der Waals surface area contributed by atoms with Crippen LogP contribution in [0.5, 0.6) is 0 Å². The van der Waals surface area contributed by atoms with Crippen LogP contribution in [-0.4, -0.2) is 66.0 Å². The van der Waals surface area contributed by atoms with Crippen molar-refractivity contribution in [2.24, 2.45) is 0 Å². The first-order valence-corrected chi connectivity index (χ1v) is 7.56. The maximum absolute atomic E-state index is 11.4. The van der Waals surface area contributed by atoms with Gasteiger partial charge in [0.2, 0.25) is 0 Å². The number of hydrogen-bond acceptors (Lipinski definition) is 7. The van der Waals surface area contributed by atoms with Crippen molar-refractivity contribution in [1.29, 1.82) is 0 Å². The van der Waals surface area contributed by atoms with Crippen LogP contribution < -0.4 is 4.90 Å². The van der Waals surface area contributed by atoms with E-state index in [1.165, 1.54) is 6.20 Å². The number of nitrogens with zero attached hydrogens (tertiary/aromatic N) is 4. The van der Waals surface area contributed by atoms with E-state index in [1.807, 2.05) is 6.92 Å². The van der Waals surface area contributed by atoms with E-state index in [-0.39, 0.29) is 5.97 Å². The molecule has 0 bridgehead atoms. The van der Waals surface area contributed by atoms with Gasteiger partial charge in [0, 0.05) is 32.2 Å². The first-order valence-electron chi connectivity index (χ1n) is 7.56. The Morgan fingerprint density at radius 1 is 1.41 bits per heavy atom. The normalized spacial score (nSPS) is 19.0. The Labute approximate surface area is 130 Å². The molecule has 0 aromatic carbocycles. The van der Waals surface area contributed by atoms with Gasteiger partial charge < -0.3 is 9.64 Å². The molecule has 2 rings (SSSR count). The number of anilines is 1. The molecule has 0 radical (unpaired) electrons. The summed E-state index contributed by atoms with van der Waals surface area (Å²) in [6.45, 7) is 7.58. The molecule has 7 nitrogen and oxygen atoms in total. The summed E-state index contributed by atoms with van der Waals surface area (Å²) in [4.78, 5) is 34.8. The highest BCUT2D eigenvalue weighted by Crippen LogP contribution is 2.16. The first kappa shape index (κ1) is 16.4. The summed E-state index contributed by atoms with van der Waals surface area (Å²) in [5.74, 6) is 0.634. The second-order valence-electron chi connectivity index (χ2n) is 5.30. The molecule has 0 N–H and O–H groups in total. The molecule has 0 amide bonds. The first-order chi connectivity index (χ1) is 10.6. The van der Waals surface area contributed by atoms with Gasteiger partial charge in [-0.2, -0.15) is 0 Å². The van der Waals surface area contributed by atoms with Gasteiger partial charge in [0.15, 0.2) is 6.29 Å². The Bertz CT molecular complexity index is 506. The highest BCUT2D eigenvalue weighted by Gasteiger charge is 2.25. The minimum atomic E-state index is -0.146. The van der Waals surface area contributed by atoms with Crippen molar-refractivity contribution in [3.8, 4) is 0 Å². The smallest absolute Gasteiger partial charge is 0.307 e. The summed E-state index contributed by atoms with van der Waals surface area (Å²) < 4.78 is 4.96. The molecule has 120 valence electrons. The van der Waals surface area contributed by atoms with Crippen molar-refractivity contribution < 1.29 is 14.3 Å². The molecule has 1 fully saturated rings. The Kier molecular flexibility index (Phi) is 5.83. The quantitative estimate of drug-likeness (QED) is 0.567. The van der Waals surface area contributed by atoms with Gasteiger partial charge in [-0.1, -0.05) is 0 Å². The maximum Gasteiger partial charge on any atom is 0.307 e. The zero-order chi connectivity index (χ0) is 15.9. The highest BCUT2D eigenvalue weighted by molar-refractivity contribution is 5.71. The minimum absolute atomic E-state index is 0.146. The standard InChI is InChI=1S/C15H22N4O3/c1-3-22-15(21)4-5-18-6-7-19(10-12(18)2)14-9-16-13(11-20)8-17-14/h8-9,11-12H,3-7,10H2,1-2H3. The van der Waals surface area contributed by atoms with E-state index in [4.69, 9.17) is 4.74 Å². The van der Waals surface area contributed by atoms with Crippen molar-refractivity contribution in [3.63, 3.8) is 0 Å². The number of esters is 1. The third kappa shape index (κ3) is 4.24. The summed E-state index contributed by atoms with van der Waals surface area (Å²) >= 11 is 0. The lowest BCUT2D eigenvalue weighted by atomic mass is 10.2. The minimum Gasteiger partial charge on any atom is -0.466 e. The average Bonchev–Trinajstić information content (AvgIpc) is 2.54. The molecule has 1 aliphatic rings. The summed E-state index contributed by atoms with van der Waals surface area (Å²) in [6.07, 6.45) is 4.23. The maximum atomic E-state index is 11.4. The second kappa shape index (κ2) is 7.84. The number of carbonyl (C=O) groups excluding carboxylic acids is 2. The number of ether oxygens (including phenoxy) is 1. The van der Waals surface area contributed by atoms with Crippen LogP contribution in [0, 0.1) is 0 Å². The van der Waals surface area contributed by atoms with Gasteiger partial charge in [-0.05, 0) is 13.8 Å². The fraction of sp³-hybridized carbons (Fsp3) is 0.600. The van der Waals surface area contributed by atoms with Gasteiger partial charge in [0.1, 0.15) is 11.5 Å². The van der Waals surface area contributed by atoms with E-state index in [0.29, 0.717) is 37.6 Å². The highest BCUT2D eigenvalue weighted by atomic mass is 16.5. The van der Waals surface area contributed by atoms with Gasteiger partial charge in [0.25, 0.3) is 0 Å². The van der Waals surface area contributed by atoms with E-state index in [9.17, 15) is 9.59 Å². The van der Waals surface area contributed by atoms with Crippen molar-refractivity contribution in [1.82, 2.24) is 14.9 Å². The van der Waals surface area contributed by atoms with Gasteiger partial charge in [0.05, 0.1) is 25.4 Å². The summed E-state index contributed by atoms with van der Waals surface area (Å²) in [6, 6.07) is 0.315. The number of aldehydes is 1. The van der Waals surface area contributed by atoms with Crippen molar-refractivity contribution in [2.45, 2.75) is 26.3 Å². The molecule has 1 atom stereocenters. The largest absolute Gasteiger partial charge is 0.466 e. The van der Waals surface area contributed by atoms with Gasteiger partial charge >= 0.3 is 5.97 Å². The number of rotatable bonds is 6. The molecule has 0 spiro atoms. The van der Waals surface area contributed by atoms with Crippen LogP contribution in [0.1, 0.15) is 30.8 Å². The molecule has 7 heteroatoms. The lowest BCUT2D eigenvalue weighted by molar-refractivity contribution is -0.143. The van der Waals surface area contributed by atoms with Crippen LogP contribution in [0.4, 0.5) is 5.82 Å². The molecule has 1 unspecified atom stereocenters. The van der Waals surface area contributed by atoms with Crippen molar-refractivity contribution in [2.75, 3.05) is 37.7 Å². The van der Waals surface area contributed by atoms with E-state index in [0.717, 1.165) is 25.5 Å². The molecule has 1 aliphatic heterocycles. The third-order valence-electron chi connectivity index (χ3n) is 3.78. The Morgan fingerprint density at radius 2 is 2.23 bits per heavy atom. The van der Waals surface area contributed by atoms with E-state index in [1.54, 1.807) is 6.20 Å². The van der Waals surface area contributed by atoms with Gasteiger partial charge in [-0.3, -0.25) is 14.5 Å². The second-order valence-corrected chi connectivity index (χ2v) is 5.30. The molecular weight excluding hydrogens is 284 g/mol. The molecule has 1 aromatic heterocycles. The molecule has 0 saturated carbocycles. The number of hydrogen-bond donors (Lipinski definition) is 0. The summed E-state index contributed by atoms with van der Waals surface area (Å²) in [5.41, 5.74) is 0.338. The van der Waals surface area contributed by atoms with Crippen molar-refractivity contribution >= 4 is 18.1 Å². The van der Waals surface area contributed by atoms with Gasteiger partial charge in [-0.15, -0.1) is 0 Å². The molecule has 2 heterocycles. The topological polar surface area (TPSA) is 75.6 Å². The van der Waals surface area contributed by atoms with Crippen LogP contribution in [0.25, 0.3) is 0 Å². The Balaban J connectivity index is 1.86. The lowest BCUT2D eigenvalue weighted by Crippen LogP contribution is -2.52. The van der Waals surface area contributed by atoms with Crippen molar-refractivity contribution in [3.05, 3.63) is 18.1 Å². The number of piperazine rings is 1. The SMILES string of the molecule is CCOC(=O)CCN1CCN(c2cnc(C=O)cn2)CC1C. The third-order valence-corrected chi connectivity index (χ3v) is 3.78. The van der Waals surface area contributed by atoms with Crippen LogP contribution >= 0.6 is 0 Å². The molecule has 0 aliphatic carbocycles. The summed E-state index contributed by atoms with van der Waals surface area (Å²) in [5, 5.41) is 0. The molecule has 22 heavy (non-hydrogen) atoms. The Hall–Kier alpha value is -2.02. The number of aromatic nitrogens is 2. The average molecular weight is 306 g/mol. The zero-order valence-electron chi connectivity index (χ0n) is 13.1. The van der Waals surface area contributed by atoms with Crippen LogP contribution in [0.15, 0.2) is 12.4 Å². The molecule has 1 aromatic rings. The predicted molar refractivity (Wildman–Crippen MR) is 81.9 cm³/mol. The lowest BCUT2D eigenvalue weighted by Gasteiger charge is -2.40. The van der Waals surface area contributed by atoms with Crippen LogP contribution in [0.3, 0.4) is 0 Å². The predicted octanol–water partition coefficient (Wildman–Crippen LogP) is 0.753. The van der Waals surface area contributed by atoms with E-state index >= 15 is 0 Å². The zero-order valence-corrected chi connectivity index (χ0v) is 13.1. The van der Waals surface area contributed by atoms with Crippen LogP contribution in [-0.2, 0) is 9.53 Å². The fourth-order valence-corrected chi connectivity index (χ4v) is 2.56. The van der Waals surface area contributed by atoms with E-state index in [2.05, 4.69) is 26.7 Å². The molecular formula is C15H22N4O3. The fourth-order valence-electron chi connectivity index (χ4n) is 2.56. The van der Waals surface area contributed by atoms with Gasteiger partial charge in [-0.25, -0.2) is 9.97 Å². The Morgan fingerprint density at radius 3 is 2.82 bits per heavy atom. The van der Waals surface area contributed by atoms with E-state index < -0.39 is 0 Å².